The zero-order valence-corrected chi connectivity index (χ0v) is 17.5. The van der Waals surface area contributed by atoms with Gasteiger partial charge in [0.1, 0.15) is 0 Å². The number of hydrogen-bond donors (Lipinski definition) is 1. The van der Waals surface area contributed by atoms with Gasteiger partial charge in [0.15, 0.2) is 0 Å². The number of hydrogen-bond acceptors (Lipinski definition) is 3. The van der Waals surface area contributed by atoms with Crippen LogP contribution in [0.5, 0.6) is 0 Å². The SMILES string of the molecule is CCC(=O)N1C[C@@H]2CN(C(=O)c3cccc4c3NCCC4)C[C@@H]2[C@H]1c1ccccc1. The number of aryl methyl sites for hydroxylation is 1. The van der Waals surface area contributed by atoms with Gasteiger partial charge in [-0.2, -0.15) is 0 Å². The minimum atomic E-state index is 0.0595. The molecule has 30 heavy (non-hydrogen) atoms. The number of amides is 2. The van der Waals surface area contributed by atoms with E-state index in [1.54, 1.807) is 0 Å². The summed E-state index contributed by atoms with van der Waals surface area (Å²) in [6, 6.07) is 16.5. The standard InChI is InChI=1S/C25H29N3O2/c1-2-22(29)28-15-19-14-27(16-21(19)24(28)18-8-4-3-5-9-18)25(30)20-12-6-10-17-11-7-13-26-23(17)20/h3-6,8-10,12,19,21,24,26H,2,7,11,13-16H2,1H3/t19-,21-,24+/m0/s1. The third-order valence-corrected chi connectivity index (χ3v) is 7.02. The molecule has 5 nitrogen and oxygen atoms in total. The lowest BCUT2D eigenvalue weighted by molar-refractivity contribution is -0.132. The molecule has 0 unspecified atom stereocenters. The number of benzene rings is 2. The first-order valence-electron chi connectivity index (χ1n) is 11.2. The van der Waals surface area contributed by atoms with Crippen LogP contribution in [0, 0.1) is 11.8 Å². The molecule has 2 fully saturated rings. The number of fused-ring (bicyclic) bond motifs is 2. The molecular weight excluding hydrogens is 374 g/mol. The largest absolute Gasteiger partial charge is 0.384 e. The van der Waals surface area contributed by atoms with Crippen LogP contribution in [-0.2, 0) is 11.2 Å². The van der Waals surface area contributed by atoms with E-state index in [4.69, 9.17) is 0 Å². The molecule has 2 aromatic rings. The molecule has 156 valence electrons. The molecule has 0 bridgehead atoms. The highest BCUT2D eigenvalue weighted by atomic mass is 16.2. The maximum atomic E-state index is 13.5. The normalized spacial score (nSPS) is 24.9. The van der Waals surface area contributed by atoms with Crippen molar-refractivity contribution in [2.24, 2.45) is 11.8 Å². The first-order chi connectivity index (χ1) is 14.7. The molecule has 2 aromatic carbocycles. The highest BCUT2D eigenvalue weighted by molar-refractivity contribution is 6.00. The Morgan fingerprint density at radius 2 is 1.87 bits per heavy atom. The number of rotatable bonds is 3. The van der Waals surface area contributed by atoms with Crippen molar-refractivity contribution in [3.8, 4) is 0 Å². The van der Waals surface area contributed by atoms with Gasteiger partial charge in [-0.15, -0.1) is 0 Å². The van der Waals surface area contributed by atoms with Crippen molar-refractivity contribution < 1.29 is 9.59 Å². The molecule has 3 heterocycles. The predicted octanol–water partition coefficient (Wildman–Crippen LogP) is 3.73. The van der Waals surface area contributed by atoms with E-state index in [9.17, 15) is 9.59 Å². The fraction of sp³-hybridized carbons (Fsp3) is 0.440. The van der Waals surface area contributed by atoms with Crippen molar-refractivity contribution in [2.75, 3.05) is 31.5 Å². The van der Waals surface area contributed by atoms with E-state index in [2.05, 4.69) is 28.4 Å². The summed E-state index contributed by atoms with van der Waals surface area (Å²) in [4.78, 5) is 30.2. The smallest absolute Gasteiger partial charge is 0.255 e. The minimum absolute atomic E-state index is 0.0595. The van der Waals surface area contributed by atoms with Crippen LogP contribution in [0.25, 0.3) is 0 Å². The van der Waals surface area contributed by atoms with E-state index in [1.807, 2.05) is 42.2 Å². The highest BCUT2D eigenvalue weighted by Crippen LogP contribution is 2.45. The molecular formula is C25H29N3O2. The van der Waals surface area contributed by atoms with Crippen molar-refractivity contribution >= 4 is 17.5 Å². The number of nitrogens with one attached hydrogen (secondary N) is 1. The monoisotopic (exact) mass is 403 g/mol. The number of carbonyl (C=O) groups excluding carboxylic acids is 2. The van der Waals surface area contributed by atoms with Crippen LogP contribution in [0.2, 0.25) is 0 Å². The van der Waals surface area contributed by atoms with Gasteiger partial charge in [-0.1, -0.05) is 49.4 Å². The lowest BCUT2D eigenvalue weighted by Gasteiger charge is -2.30. The predicted molar refractivity (Wildman–Crippen MR) is 117 cm³/mol. The Balaban J connectivity index is 1.41. The van der Waals surface area contributed by atoms with Gasteiger partial charge in [-0.3, -0.25) is 9.59 Å². The fourth-order valence-corrected chi connectivity index (χ4v) is 5.61. The van der Waals surface area contributed by atoms with Gasteiger partial charge in [0.25, 0.3) is 5.91 Å². The zero-order chi connectivity index (χ0) is 20.7. The second-order valence-electron chi connectivity index (χ2n) is 8.76. The number of carbonyl (C=O) groups is 2. The average molecular weight is 404 g/mol. The summed E-state index contributed by atoms with van der Waals surface area (Å²) in [7, 11) is 0. The van der Waals surface area contributed by atoms with Gasteiger partial charge < -0.3 is 15.1 Å². The summed E-state index contributed by atoms with van der Waals surface area (Å²) in [6.45, 7) is 5.03. The summed E-state index contributed by atoms with van der Waals surface area (Å²) in [5.74, 6) is 0.954. The Morgan fingerprint density at radius 3 is 2.67 bits per heavy atom. The third kappa shape index (κ3) is 3.17. The number of likely N-dealkylation sites (tertiary alicyclic amines) is 2. The number of para-hydroxylation sites is 1. The zero-order valence-electron chi connectivity index (χ0n) is 17.5. The third-order valence-electron chi connectivity index (χ3n) is 7.02. The molecule has 0 radical (unpaired) electrons. The van der Waals surface area contributed by atoms with Gasteiger partial charge in [-0.05, 0) is 30.0 Å². The van der Waals surface area contributed by atoms with E-state index in [-0.39, 0.29) is 17.9 Å². The van der Waals surface area contributed by atoms with Crippen molar-refractivity contribution in [3.05, 3.63) is 65.2 Å². The lowest BCUT2D eigenvalue weighted by Crippen LogP contribution is -2.37. The van der Waals surface area contributed by atoms with E-state index in [0.29, 0.717) is 24.8 Å². The van der Waals surface area contributed by atoms with Crippen molar-refractivity contribution in [1.29, 1.82) is 0 Å². The van der Waals surface area contributed by atoms with Crippen LogP contribution in [0.4, 0.5) is 5.69 Å². The maximum Gasteiger partial charge on any atom is 0.255 e. The van der Waals surface area contributed by atoms with Gasteiger partial charge >= 0.3 is 0 Å². The molecule has 0 aliphatic carbocycles. The topological polar surface area (TPSA) is 52.7 Å². The second-order valence-corrected chi connectivity index (χ2v) is 8.76. The van der Waals surface area contributed by atoms with Crippen molar-refractivity contribution in [2.45, 2.75) is 32.2 Å². The molecule has 0 saturated carbocycles. The van der Waals surface area contributed by atoms with E-state index in [0.717, 1.165) is 43.7 Å². The average Bonchev–Trinajstić information content (AvgIpc) is 3.36. The number of nitrogens with zero attached hydrogens (tertiary/aromatic N) is 2. The Bertz CT molecular complexity index is 958. The second kappa shape index (κ2) is 7.78. The number of anilines is 1. The molecule has 2 saturated heterocycles. The van der Waals surface area contributed by atoms with Gasteiger partial charge in [0, 0.05) is 44.4 Å². The Labute approximate surface area is 178 Å². The van der Waals surface area contributed by atoms with Gasteiger partial charge in [-0.25, -0.2) is 0 Å². The summed E-state index contributed by atoms with van der Waals surface area (Å²) < 4.78 is 0. The fourth-order valence-electron chi connectivity index (χ4n) is 5.61. The Hall–Kier alpha value is -2.82. The van der Waals surface area contributed by atoms with Crippen LogP contribution < -0.4 is 5.32 Å². The van der Waals surface area contributed by atoms with E-state index in [1.165, 1.54) is 11.1 Å². The van der Waals surface area contributed by atoms with Gasteiger partial charge in [0.05, 0.1) is 17.3 Å². The van der Waals surface area contributed by atoms with Crippen LogP contribution in [0.1, 0.15) is 47.3 Å². The molecule has 3 aliphatic heterocycles. The maximum absolute atomic E-state index is 13.5. The van der Waals surface area contributed by atoms with Crippen LogP contribution in [0.3, 0.4) is 0 Å². The quantitative estimate of drug-likeness (QED) is 0.850. The summed E-state index contributed by atoms with van der Waals surface area (Å²) in [5.41, 5.74) is 4.24. The molecule has 0 spiro atoms. The first kappa shape index (κ1) is 19.2. The minimum Gasteiger partial charge on any atom is -0.384 e. The molecule has 5 rings (SSSR count). The summed E-state index contributed by atoms with van der Waals surface area (Å²) in [5, 5.41) is 3.45. The van der Waals surface area contributed by atoms with E-state index >= 15 is 0 Å². The molecule has 3 aliphatic rings. The van der Waals surface area contributed by atoms with Crippen molar-refractivity contribution in [3.63, 3.8) is 0 Å². The summed E-state index contributed by atoms with van der Waals surface area (Å²) >= 11 is 0. The van der Waals surface area contributed by atoms with Gasteiger partial charge in [0.2, 0.25) is 5.91 Å². The van der Waals surface area contributed by atoms with Crippen molar-refractivity contribution in [1.82, 2.24) is 9.80 Å². The molecule has 5 heteroatoms. The molecule has 2 amide bonds. The highest BCUT2D eigenvalue weighted by Gasteiger charge is 2.49. The van der Waals surface area contributed by atoms with Crippen LogP contribution >= 0.6 is 0 Å². The van der Waals surface area contributed by atoms with Crippen LogP contribution in [0.15, 0.2) is 48.5 Å². The summed E-state index contributed by atoms with van der Waals surface area (Å²) in [6.07, 6.45) is 2.66. The van der Waals surface area contributed by atoms with E-state index < -0.39 is 0 Å². The first-order valence-corrected chi connectivity index (χ1v) is 11.2. The lowest BCUT2D eigenvalue weighted by atomic mass is 9.89. The molecule has 3 atom stereocenters. The Morgan fingerprint density at radius 1 is 1.03 bits per heavy atom. The molecule has 0 aromatic heterocycles. The Kier molecular flexibility index (Phi) is 4.97. The van der Waals surface area contributed by atoms with Crippen LogP contribution in [-0.4, -0.2) is 47.8 Å². The molecule has 1 N–H and O–H groups in total.